The van der Waals surface area contributed by atoms with E-state index in [4.69, 9.17) is 0 Å². The van der Waals surface area contributed by atoms with Crippen molar-refractivity contribution >= 4 is 17.2 Å². The SMILES string of the molecule is Cc1nc(C(C)NC(C)C(=O)N2CCCCC2)cs1. The number of rotatable bonds is 4. The standard InChI is InChI=1S/C14H23N3OS/c1-10(13-9-19-12(3)16-13)15-11(2)14(18)17-7-5-4-6-8-17/h9-11,15H,4-8H2,1-3H3. The molecule has 1 aromatic rings. The second-order valence-corrected chi connectivity index (χ2v) is 6.35. The quantitative estimate of drug-likeness (QED) is 0.922. The molecule has 0 saturated carbocycles. The summed E-state index contributed by atoms with van der Waals surface area (Å²) in [6, 6.07) is -0.0243. The number of nitrogens with one attached hydrogen (secondary N) is 1. The first-order valence-electron chi connectivity index (χ1n) is 7.05. The van der Waals surface area contributed by atoms with Crippen molar-refractivity contribution in [1.29, 1.82) is 0 Å². The summed E-state index contributed by atoms with van der Waals surface area (Å²) < 4.78 is 0. The Hall–Kier alpha value is -0.940. The topological polar surface area (TPSA) is 45.2 Å². The highest BCUT2D eigenvalue weighted by Crippen LogP contribution is 2.17. The Morgan fingerprint density at radius 1 is 1.37 bits per heavy atom. The molecule has 4 nitrogen and oxygen atoms in total. The number of carbonyl (C=O) groups is 1. The maximum absolute atomic E-state index is 12.3. The summed E-state index contributed by atoms with van der Waals surface area (Å²) in [4.78, 5) is 18.8. The summed E-state index contributed by atoms with van der Waals surface area (Å²) in [5.74, 6) is 0.221. The molecule has 1 aliphatic heterocycles. The largest absolute Gasteiger partial charge is 0.341 e. The lowest BCUT2D eigenvalue weighted by atomic mass is 10.1. The summed E-state index contributed by atoms with van der Waals surface area (Å²) in [5, 5.41) is 6.49. The predicted molar refractivity (Wildman–Crippen MR) is 78.3 cm³/mol. The first-order valence-corrected chi connectivity index (χ1v) is 7.92. The van der Waals surface area contributed by atoms with Gasteiger partial charge in [0, 0.05) is 24.5 Å². The van der Waals surface area contributed by atoms with Crippen molar-refractivity contribution in [3.63, 3.8) is 0 Å². The zero-order valence-corrected chi connectivity index (χ0v) is 12.8. The first kappa shape index (κ1) is 14.5. The second kappa shape index (κ2) is 6.48. The van der Waals surface area contributed by atoms with Gasteiger partial charge in [0.05, 0.1) is 16.7 Å². The van der Waals surface area contributed by atoms with Crippen molar-refractivity contribution < 1.29 is 4.79 Å². The van der Waals surface area contributed by atoms with E-state index >= 15 is 0 Å². The number of amides is 1. The lowest BCUT2D eigenvalue weighted by Gasteiger charge is -2.30. The highest BCUT2D eigenvalue weighted by Gasteiger charge is 2.23. The van der Waals surface area contributed by atoms with Gasteiger partial charge in [-0.05, 0) is 40.0 Å². The van der Waals surface area contributed by atoms with Crippen molar-refractivity contribution in [3.05, 3.63) is 16.1 Å². The maximum atomic E-state index is 12.3. The van der Waals surface area contributed by atoms with Gasteiger partial charge in [-0.3, -0.25) is 10.1 Å². The van der Waals surface area contributed by atoms with E-state index < -0.39 is 0 Å². The number of hydrogen-bond acceptors (Lipinski definition) is 4. The predicted octanol–water partition coefficient (Wildman–Crippen LogP) is 2.50. The van der Waals surface area contributed by atoms with Gasteiger partial charge in [0.25, 0.3) is 0 Å². The van der Waals surface area contributed by atoms with E-state index in [0.717, 1.165) is 36.6 Å². The number of nitrogens with zero attached hydrogens (tertiary/aromatic N) is 2. The number of aryl methyl sites for hydroxylation is 1. The van der Waals surface area contributed by atoms with E-state index in [2.05, 4.69) is 22.6 Å². The van der Waals surface area contributed by atoms with Crippen LogP contribution >= 0.6 is 11.3 Å². The summed E-state index contributed by atoms with van der Waals surface area (Å²) in [5.41, 5.74) is 1.03. The third kappa shape index (κ3) is 3.76. The van der Waals surface area contributed by atoms with Crippen molar-refractivity contribution in [2.45, 2.75) is 52.1 Å². The van der Waals surface area contributed by atoms with E-state index in [0.29, 0.717) is 0 Å². The van der Waals surface area contributed by atoms with Crippen LogP contribution < -0.4 is 5.32 Å². The van der Waals surface area contributed by atoms with Crippen LogP contribution in [0.4, 0.5) is 0 Å². The highest BCUT2D eigenvalue weighted by molar-refractivity contribution is 7.09. The van der Waals surface area contributed by atoms with Gasteiger partial charge in [-0.2, -0.15) is 0 Å². The zero-order chi connectivity index (χ0) is 13.8. The van der Waals surface area contributed by atoms with Crippen molar-refractivity contribution in [2.75, 3.05) is 13.1 Å². The fourth-order valence-corrected chi connectivity index (χ4v) is 3.21. The molecule has 1 saturated heterocycles. The highest BCUT2D eigenvalue weighted by atomic mass is 32.1. The van der Waals surface area contributed by atoms with Crippen LogP contribution in [0.3, 0.4) is 0 Å². The fourth-order valence-electron chi connectivity index (χ4n) is 2.50. The van der Waals surface area contributed by atoms with Crippen LogP contribution in [0, 0.1) is 6.92 Å². The average Bonchev–Trinajstić information content (AvgIpc) is 2.85. The van der Waals surface area contributed by atoms with Gasteiger partial charge in [0.2, 0.25) is 5.91 Å². The lowest BCUT2D eigenvalue weighted by molar-refractivity contribution is -0.134. The number of likely N-dealkylation sites (tertiary alicyclic amines) is 1. The lowest BCUT2D eigenvalue weighted by Crippen LogP contribution is -2.47. The van der Waals surface area contributed by atoms with Crippen LogP contribution in [-0.2, 0) is 4.79 Å². The number of piperidine rings is 1. The minimum Gasteiger partial charge on any atom is -0.341 e. The zero-order valence-electron chi connectivity index (χ0n) is 12.0. The summed E-state index contributed by atoms with van der Waals surface area (Å²) in [7, 11) is 0. The smallest absolute Gasteiger partial charge is 0.239 e. The molecule has 0 aromatic carbocycles. The molecule has 1 fully saturated rings. The van der Waals surface area contributed by atoms with Crippen LogP contribution in [0.1, 0.15) is 49.9 Å². The fraction of sp³-hybridized carbons (Fsp3) is 0.714. The molecule has 1 aromatic heterocycles. The van der Waals surface area contributed by atoms with Crippen LogP contribution in [0.25, 0.3) is 0 Å². The third-order valence-corrected chi connectivity index (χ3v) is 4.41. The molecule has 0 aliphatic carbocycles. The van der Waals surface area contributed by atoms with Crippen molar-refractivity contribution in [1.82, 2.24) is 15.2 Å². The van der Waals surface area contributed by atoms with Gasteiger partial charge in [-0.1, -0.05) is 0 Å². The van der Waals surface area contributed by atoms with E-state index in [-0.39, 0.29) is 18.0 Å². The van der Waals surface area contributed by atoms with Gasteiger partial charge in [-0.25, -0.2) is 4.98 Å². The molecule has 0 radical (unpaired) electrons. The average molecular weight is 281 g/mol. The monoisotopic (exact) mass is 281 g/mol. The Morgan fingerprint density at radius 2 is 2.05 bits per heavy atom. The third-order valence-electron chi connectivity index (χ3n) is 3.62. The Balaban J connectivity index is 1.89. The van der Waals surface area contributed by atoms with Gasteiger partial charge >= 0.3 is 0 Å². The first-order chi connectivity index (χ1) is 9.08. The van der Waals surface area contributed by atoms with Gasteiger partial charge < -0.3 is 4.90 Å². The second-order valence-electron chi connectivity index (χ2n) is 5.29. The molecular weight excluding hydrogens is 258 g/mol. The number of carbonyl (C=O) groups excluding carboxylic acids is 1. The molecule has 1 aliphatic rings. The number of thiazole rings is 1. The number of hydrogen-bond donors (Lipinski definition) is 1. The summed E-state index contributed by atoms with van der Waals surface area (Å²) in [6.45, 7) is 7.84. The van der Waals surface area contributed by atoms with E-state index in [1.165, 1.54) is 6.42 Å². The van der Waals surface area contributed by atoms with Crippen LogP contribution in [0.5, 0.6) is 0 Å². The van der Waals surface area contributed by atoms with E-state index in [9.17, 15) is 4.79 Å². The van der Waals surface area contributed by atoms with E-state index in [1.54, 1.807) is 11.3 Å². The molecule has 2 unspecified atom stereocenters. The molecule has 106 valence electrons. The molecule has 5 heteroatoms. The Labute approximate surface area is 119 Å². The molecule has 1 amide bonds. The minimum atomic E-state index is -0.143. The molecule has 19 heavy (non-hydrogen) atoms. The number of aromatic nitrogens is 1. The molecule has 1 N–H and O–H groups in total. The van der Waals surface area contributed by atoms with Gasteiger partial charge in [0.15, 0.2) is 0 Å². The van der Waals surface area contributed by atoms with Crippen LogP contribution in [-0.4, -0.2) is 34.9 Å². The molecule has 2 rings (SSSR count). The Bertz CT molecular complexity index is 426. The van der Waals surface area contributed by atoms with Gasteiger partial charge in [0.1, 0.15) is 0 Å². The molecule has 2 atom stereocenters. The Morgan fingerprint density at radius 3 is 2.63 bits per heavy atom. The van der Waals surface area contributed by atoms with E-state index in [1.807, 2.05) is 18.7 Å². The summed E-state index contributed by atoms with van der Waals surface area (Å²) in [6.07, 6.45) is 3.53. The maximum Gasteiger partial charge on any atom is 0.239 e. The van der Waals surface area contributed by atoms with Crippen LogP contribution in [0.15, 0.2) is 5.38 Å². The molecule has 0 spiro atoms. The minimum absolute atomic E-state index is 0.119. The van der Waals surface area contributed by atoms with Crippen LogP contribution in [0.2, 0.25) is 0 Å². The van der Waals surface area contributed by atoms with Crippen molar-refractivity contribution in [2.24, 2.45) is 0 Å². The van der Waals surface area contributed by atoms with Crippen molar-refractivity contribution in [3.8, 4) is 0 Å². The molecule has 2 heterocycles. The summed E-state index contributed by atoms with van der Waals surface area (Å²) >= 11 is 1.65. The molecular formula is C14H23N3OS. The molecule has 0 bridgehead atoms. The van der Waals surface area contributed by atoms with Gasteiger partial charge in [-0.15, -0.1) is 11.3 Å². The normalized spacial score (nSPS) is 19.2. The Kier molecular flexibility index (Phi) is 4.93.